The third kappa shape index (κ3) is 3.92. The van der Waals surface area contributed by atoms with Crippen molar-refractivity contribution >= 4 is 45.6 Å². The van der Waals surface area contributed by atoms with Crippen LogP contribution < -0.4 is 10.4 Å². The topological polar surface area (TPSA) is 110 Å². The number of nitrogens with zero attached hydrogens (tertiary/aromatic N) is 3. The molecule has 31 heavy (non-hydrogen) atoms. The first-order chi connectivity index (χ1) is 14.8. The maximum Gasteiger partial charge on any atom is 0.303 e. The number of carbonyl (C=O) groups excluding carboxylic acids is 1. The van der Waals surface area contributed by atoms with Crippen molar-refractivity contribution in [2.24, 2.45) is 10.2 Å². The van der Waals surface area contributed by atoms with E-state index in [0.29, 0.717) is 23.5 Å². The quantitative estimate of drug-likeness (QED) is 0.527. The molecule has 3 N–H and O–H groups in total. The van der Waals surface area contributed by atoms with Gasteiger partial charge in [0.25, 0.3) is 0 Å². The number of aromatic nitrogens is 1. The number of aromatic amines is 1. The largest absolute Gasteiger partial charge is 0.481 e. The molecule has 1 amide bonds. The molecule has 0 atom stereocenters. The molecule has 0 bridgehead atoms. The van der Waals surface area contributed by atoms with E-state index in [1.54, 1.807) is 13.1 Å². The highest BCUT2D eigenvalue weighted by Crippen LogP contribution is 2.27. The number of aliphatic carboxylic acids is 1. The second kappa shape index (κ2) is 8.06. The van der Waals surface area contributed by atoms with E-state index < -0.39 is 5.97 Å². The maximum atomic E-state index is 12.9. The van der Waals surface area contributed by atoms with Gasteiger partial charge in [0.1, 0.15) is 0 Å². The van der Waals surface area contributed by atoms with Gasteiger partial charge in [-0.3, -0.25) is 15.0 Å². The number of nitrogens with one attached hydrogen (secondary N) is 2. The van der Waals surface area contributed by atoms with Gasteiger partial charge in [0, 0.05) is 18.0 Å². The van der Waals surface area contributed by atoms with Crippen molar-refractivity contribution in [2.45, 2.75) is 33.6 Å². The maximum absolute atomic E-state index is 12.9. The highest BCUT2D eigenvalue weighted by molar-refractivity contribution is 6.71. The van der Waals surface area contributed by atoms with Crippen LogP contribution in [0.4, 0.5) is 11.4 Å². The minimum Gasteiger partial charge on any atom is -0.481 e. The Balaban J connectivity index is 1.58. The molecule has 8 nitrogen and oxygen atoms in total. The molecule has 1 aliphatic heterocycles. The zero-order valence-electron chi connectivity index (χ0n) is 17.6. The first-order valence-corrected chi connectivity index (χ1v) is 9.97. The van der Waals surface area contributed by atoms with Crippen molar-refractivity contribution in [3.63, 3.8) is 0 Å². The molecule has 1 aliphatic rings. The number of aryl methyl sites for hydroxylation is 3. The van der Waals surface area contributed by atoms with Crippen molar-refractivity contribution in [2.75, 3.05) is 10.4 Å². The predicted octanol–water partition coefficient (Wildman–Crippen LogP) is 3.99. The molecule has 0 saturated heterocycles. The summed E-state index contributed by atoms with van der Waals surface area (Å²) >= 11 is 0. The molecule has 8 heteroatoms. The van der Waals surface area contributed by atoms with Gasteiger partial charge < -0.3 is 10.1 Å². The fourth-order valence-corrected chi connectivity index (χ4v) is 3.53. The lowest BCUT2D eigenvalue weighted by atomic mass is 10.1. The summed E-state index contributed by atoms with van der Waals surface area (Å²) in [5, 5.41) is 19.9. The molecule has 1 aromatic heterocycles. The molecule has 2 aromatic carbocycles. The van der Waals surface area contributed by atoms with E-state index in [1.165, 1.54) is 5.01 Å². The highest BCUT2D eigenvalue weighted by Gasteiger charge is 2.31. The lowest BCUT2D eigenvalue weighted by Gasteiger charge is -2.13. The minimum absolute atomic E-state index is 0.0609. The molecule has 4 rings (SSSR count). The Kier molecular flexibility index (Phi) is 5.29. The van der Waals surface area contributed by atoms with Crippen molar-refractivity contribution in [3.05, 3.63) is 59.3 Å². The zero-order valence-corrected chi connectivity index (χ0v) is 17.6. The van der Waals surface area contributed by atoms with Crippen LogP contribution in [0.25, 0.3) is 10.9 Å². The number of carbonyl (C=O) groups is 2. The first kappa shape index (κ1) is 20.3. The Bertz CT molecular complexity index is 1260. The number of hydrogen-bond donors (Lipinski definition) is 3. The predicted molar refractivity (Wildman–Crippen MR) is 122 cm³/mol. The number of anilines is 2. The van der Waals surface area contributed by atoms with Crippen molar-refractivity contribution in [3.8, 4) is 0 Å². The van der Waals surface area contributed by atoms with Crippen LogP contribution in [0.3, 0.4) is 0 Å². The average molecular weight is 417 g/mol. The van der Waals surface area contributed by atoms with E-state index in [0.717, 1.165) is 27.6 Å². The second-order valence-electron chi connectivity index (χ2n) is 7.58. The van der Waals surface area contributed by atoms with Gasteiger partial charge in [-0.25, -0.2) is 0 Å². The summed E-state index contributed by atoms with van der Waals surface area (Å²) in [6, 6.07) is 11.4. The standard InChI is InChI=1S/C23H23N5O3/c1-13-7-9-17(11-14(13)2)28-23(31)21(15(3)27-28)26-25-19-6-4-5-18-16(8-10-20(29)30)12-24-22(18)19/h4-7,9,11-12,24-25H,8,10H2,1-3H3,(H,29,30). The van der Waals surface area contributed by atoms with Gasteiger partial charge in [-0.2, -0.15) is 15.2 Å². The molecule has 2 heterocycles. The van der Waals surface area contributed by atoms with Crippen LogP contribution >= 0.6 is 0 Å². The van der Waals surface area contributed by atoms with Gasteiger partial charge in [0.2, 0.25) is 0 Å². The number of benzene rings is 2. The fraction of sp³-hybridized carbons (Fsp3) is 0.217. The minimum atomic E-state index is -0.835. The normalized spacial score (nSPS) is 15.1. The van der Waals surface area contributed by atoms with Gasteiger partial charge in [-0.15, -0.1) is 0 Å². The van der Waals surface area contributed by atoms with E-state index in [9.17, 15) is 9.59 Å². The number of amides is 1. The number of H-pyrrole nitrogens is 1. The third-order valence-electron chi connectivity index (χ3n) is 5.42. The van der Waals surface area contributed by atoms with Gasteiger partial charge in [0.05, 0.1) is 22.6 Å². The number of fused-ring (bicyclic) bond motifs is 1. The number of rotatable bonds is 6. The van der Waals surface area contributed by atoms with Crippen molar-refractivity contribution in [1.82, 2.24) is 4.98 Å². The fourth-order valence-electron chi connectivity index (χ4n) is 3.53. The molecule has 0 unspecified atom stereocenters. The van der Waals surface area contributed by atoms with Gasteiger partial charge in [-0.1, -0.05) is 18.2 Å². The van der Waals surface area contributed by atoms with Crippen LogP contribution in [0.2, 0.25) is 0 Å². The van der Waals surface area contributed by atoms with E-state index in [4.69, 9.17) is 5.11 Å². The van der Waals surface area contributed by atoms with Crippen LogP contribution in [0.5, 0.6) is 0 Å². The second-order valence-corrected chi connectivity index (χ2v) is 7.58. The summed E-state index contributed by atoms with van der Waals surface area (Å²) in [7, 11) is 0. The Labute approximate surface area is 179 Å². The number of hydrogen-bond acceptors (Lipinski definition) is 5. The van der Waals surface area contributed by atoms with E-state index in [-0.39, 0.29) is 18.0 Å². The lowest BCUT2D eigenvalue weighted by molar-refractivity contribution is -0.136. The summed E-state index contributed by atoms with van der Waals surface area (Å²) in [5.41, 5.74) is 9.09. The Morgan fingerprint density at radius 1 is 1.19 bits per heavy atom. The molecule has 0 spiro atoms. The van der Waals surface area contributed by atoms with Crippen LogP contribution in [-0.4, -0.2) is 33.4 Å². The number of carboxylic acids is 1. The molecular weight excluding hydrogens is 394 g/mol. The lowest BCUT2D eigenvalue weighted by Crippen LogP contribution is -2.28. The number of carboxylic acid groups (broad SMARTS) is 1. The molecule has 0 fully saturated rings. The molecule has 0 aliphatic carbocycles. The van der Waals surface area contributed by atoms with Crippen molar-refractivity contribution in [1.29, 1.82) is 0 Å². The summed E-state index contributed by atoms with van der Waals surface area (Å²) in [6.07, 6.45) is 2.30. The summed E-state index contributed by atoms with van der Waals surface area (Å²) in [4.78, 5) is 27.0. The molecule has 158 valence electrons. The van der Waals surface area contributed by atoms with Crippen LogP contribution in [0.1, 0.15) is 30.0 Å². The zero-order chi connectivity index (χ0) is 22.1. The van der Waals surface area contributed by atoms with E-state index >= 15 is 0 Å². The Morgan fingerprint density at radius 3 is 2.74 bits per heavy atom. The van der Waals surface area contributed by atoms with Gasteiger partial charge >= 0.3 is 11.9 Å². The molecular formula is C23H23N5O3. The van der Waals surface area contributed by atoms with Crippen molar-refractivity contribution < 1.29 is 14.7 Å². The summed E-state index contributed by atoms with van der Waals surface area (Å²) in [6.45, 7) is 5.76. The molecule has 3 aromatic rings. The van der Waals surface area contributed by atoms with E-state index in [2.05, 4.69) is 20.6 Å². The highest BCUT2D eigenvalue weighted by atomic mass is 16.4. The monoisotopic (exact) mass is 417 g/mol. The summed E-state index contributed by atoms with van der Waals surface area (Å²) < 4.78 is 0. The number of para-hydroxylation sites is 1. The average Bonchev–Trinajstić information content (AvgIpc) is 3.28. The van der Waals surface area contributed by atoms with Crippen LogP contribution in [0.15, 0.2) is 52.8 Å². The Hall–Kier alpha value is -3.94. The SMILES string of the molecule is CC1=NN(c2ccc(C)c(C)c2)C(=O)C1=NNc1cccc2c(CCC(=O)O)c[nH]c12. The van der Waals surface area contributed by atoms with E-state index in [1.807, 2.05) is 50.2 Å². The molecule has 0 saturated carbocycles. The van der Waals surface area contributed by atoms with Crippen LogP contribution in [0, 0.1) is 13.8 Å². The number of hydrazone groups is 2. The summed E-state index contributed by atoms with van der Waals surface area (Å²) in [5.74, 6) is -1.13. The van der Waals surface area contributed by atoms with Gasteiger partial charge in [0.15, 0.2) is 5.71 Å². The van der Waals surface area contributed by atoms with Crippen LogP contribution in [-0.2, 0) is 16.0 Å². The third-order valence-corrected chi connectivity index (χ3v) is 5.42. The Morgan fingerprint density at radius 2 is 2.00 bits per heavy atom. The first-order valence-electron chi connectivity index (χ1n) is 9.97. The molecule has 0 radical (unpaired) electrons. The van der Waals surface area contributed by atoms with Gasteiger partial charge in [-0.05, 0) is 62.1 Å². The smallest absolute Gasteiger partial charge is 0.303 e.